The van der Waals surface area contributed by atoms with E-state index in [9.17, 15) is 4.79 Å². The molecular weight excluding hydrogens is 184 g/mol. The second kappa shape index (κ2) is 3.87. The summed E-state index contributed by atoms with van der Waals surface area (Å²) in [6, 6.07) is 0. The molecule has 2 heterocycles. The van der Waals surface area contributed by atoms with Crippen LogP contribution in [0.15, 0.2) is 11.6 Å². The number of thiazole rings is 1. The van der Waals surface area contributed by atoms with E-state index in [2.05, 4.69) is 4.98 Å². The number of hydrogen-bond acceptors (Lipinski definition) is 3. The SMILES string of the molecule is O=C1CCCCCN1c1nccs1. The monoisotopic (exact) mass is 196 g/mol. The van der Waals surface area contributed by atoms with E-state index in [1.54, 1.807) is 6.20 Å². The third-order valence-corrected chi connectivity index (χ3v) is 3.02. The molecule has 1 fully saturated rings. The summed E-state index contributed by atoms with van der Waals surface area (Å²) in [5.41, 5.74) is 0. The van der Waals surface area contributed by atoms with Crippen LogP contribution in [-0.2, 0) is 4.79 Å². The molecule has 0 N–H and O–H groups in total. The van der Waals surface area contributed by atoms with Crippen LogP contribution in [0.25, 0.3) is 0 Å². The van der Waals surface area contributed by atoms with Crippen molar-refractivity contribution in [3.63, 3.8) is 0 Å². The van der Waals surface area contributed by atoms with Crippen LogP contribution in [0.1, 0.15) is 25.7 Å². The molecule has 0 atom stereocenters. The lowest BCUT2D eigenvalue weighted by molar-refractivity contribution is -0.118. The highest BCUT2D eigenvalue weighted by Crippen LogP contribution is 2.21. The summed E-state index contributed by atoms with van der Waals surface area (Å²) in [6.07, 6.45) is 5.72. The fourth-order valence-corrected chi connectivity index (χ4v) is 2.22. The Morgan fingerprint density at radius 2 is 2.31 bits per heavy atom. The van der Waals surface area contributed by atoms with Crippen molar-refractivity contribution in [3.8, 4) is 0 Å². The van der Waals surface area contributed by atoms with Gasteiger partial charge in [0.2, 0.25) is 5.91 Å². The lowest BCUT2D eigenvalue weighted by Crippen LogP contribution is -2.29. The highest BCUT2D eigenvalue weighted by Gasteiger charge is 2.19. The average molecular weight is 196 g/mol. The van der Waals surface area contributed by atoms with Crippen LogP contribution in [0, 0.1) is 0 Å². The van der Waals surface area contributed by atoms with Crippen LogP contribution in [0.5, 0.6) is 0 Å². The Morgan fingerprint density at radius 3 is 3.08 bits per heavy atom. The maximum atomic E-state index is 11.6. The molecule has 13 heavy (non-hydrogen) atoms. The number of nitrogens with zero attached hydrogens (tertiary/aromatic N) is 2. The van der Waals surface area contributed by atoms with Crippen LogP contribution in [-0.4, -0.2) is 17.4 Å². The number of anilines is 1. The topological polar surface area (TPSA) is 33.2 Å². The van der Waals surface area contributed by atoms with E-state index in [1.165, 1.54) is 11.3 Å². The van der Waals surface area contributed by atoms with Gasteiger partial charge in [0, 0.05) is 24.5 Å². The zero-order valence-corrected chi connectivity index (χ0v) is 8.22. The molecule has 4 heteroatoms. The molecule has 0 unspecified atom stereocenters. The van der Waals surface area contributed by atoms with Crippen molar-refractivity contribution < 1.29 is 4.79 Å². The molecule has 1 saturated heterocycles. The maximum absolute atomic E-state index is 11.6. The largest absolute Gasteiger partial charge is 0.288 e. The van der Waals surface area contributed by atoms with E-state index in [1.807, 2.05) is 10.3 Å². The molecule has 0 aliphatic carbocycles. The van der Waals surface area contributed by atoms with E-state index < -0.39 is 0 Å². The molecule has 1 aliphatic rings. The van der Waals surface area contributed by atoms with Crippen LogP contribution in [0.4, 0.5) is 5.13 Å². The lowest BCUT2D eigenvalue weighted by Gasteiger charge is -2.16. The summed E-state index contributed by atoms with van der Waals surface area (Å²) in [6.45, 7) is 0.840. The van der Waals surface area contributed by atoms with Crippen molar-refractivity contribution >= 4 is 22.4 Å². The number of rotatable bonds is 1. The van der Waals surface area contributed by atoms with Gasteiger partial charge in [0.15, 0.2) is 5.13 Å². The third-order valence-electron chi connectivity index (χ3n) is 2.22. The first kappa shape index (κ1) is 8.69. The Hall–Kier alpha value is -0.900. The van der Waals surface area contributed by atoms with Crippen molar-refractivity contribution in [2.45, 2.75) is 25.7 Å². The minimum absolute atomic E-state index is 0.229. The molecule has 2 rings (SSSR count). The molecule has 1 amide bonds. The van der Waals surface area contributed by atoms with Crippen molar-refractivity contribution in [3.05, 3.63) is 11.6 Å². The Morgan fingerprint density at radius 1 is 1.38 bits per heavy atom. The van der Waals surface area contributed by atoms with Gasteiger partial charge in [-0.3, -0.25) is 9.69 Å². The summed E-state index contributed by atoms with van der Waals surface area (Å²) >= 11 is 1.54. The van der Waals surface area contributed by atoms with Crippen LogP contribution >= 0.6 is 11.3 Å². The zero-order chi connectivity index (χ0) is 9.10. The van der Waals surface area contributed by atoms with Gasteiger partial charge in [0.1, 0.15) is 0 Å². The predicted octanol–water partition coefficient (Wildman–Crippen LogP) is 2.05. The summed E-state index contributed by atoms with van der Waals surface area (Å²) in [5.74, 6) is 0.229. The predicted molar refractivity (Wildman–Crippen MR) is 52.9 cm³/mol. The highest BCUT2D eigenvalue weighted by molar-refractivity contribution is 7.13. The van der Waals surface area contributed by atoms with Gasteiger partial charge in [-0.2, -0.15) is 0 Å². The van der Waals surface area contributed by atoms with Gasteiger partial charge in [-0.25, -0.2) is 4.98 Å². The second-order valence-corrected chi connectivity index (χ2v) is 4.04. The van der Waals surface area contributed by atoms with Gasteiger partial charge in [0.05, 0.1) is 0 Å². The number of amides is 1. The molecule has 0 saturated carbocycles. The summed E-state index contributed by atoms with van der Waals surface area (Å²) < 4.78 is 0. The number of carbonyl (C=O) groups excluding carboxylic acids is 1. The summed E-state index contributed by atoms with van der Waals surface area (Å²) in [7, 11) is 0. The van der Waals surface area contributed by atoms with Crippen molar-refractivity contribution in [2.75, 3.05) is 11.4 Å². The van der Waals surface area contributed by atoms with Gasteiger partial charge in [-0.05, 0) is 12.8 Å². The fourth-order valence-electron chi connectivity index (χ4n) is 1.53. The van der Waals surface area contributed by atoms with Crippen molar-refractivity contribution in [1.82, 2.24) is 4.98 Å². The molecule has 1 aromatic rings. The molecule has 1 aromatic heterocycles. The smallest absolute Gasteiger partial charge is 0.228 e. The lowest BCUT2D eigenvalue weighted by atomic mass is 10.2. The number of hydrogen-bond donors (Lipinski definition) is 0. The number of aromatic nitrogens is 1. The Kier molecular flexibility index (Phi) is 2.59. The molecule has 3 nitrogen and oxygen atoms in total. The first-order chi connectivity index (χ1) is 6.38. The summed E-state index contributed by atoms with van der Waals surface area (Å²) in [4.78, 5) is 17.6. The van der Waals surface area contributed by atoms with Gasteiger partial charge >= 0.3 is 0 Å². The minimum atomic E-state index is 0.229. The standard InChI is InChI=1S/C9H12N2OS/c12-8-4-2-1-3-6-11(8)9-10-5-7-13-9/h5,7H,1-4,6H2. The fraction of sp³-hybridized carbons (Fsp3) is 0.556. The van der Waals surface area contributed by atoms with E-state index in [0.29, 0.717) is 6.42 Å². The van der Waals surface area contributed by atoms with Gasteiger partial charge in [0.25, 0.3) is 0 Å². The Balaban J connectivity index is 2.16. The van der Waals surface area contributed by atoms with Crippen molar-refractivity contribution in [2.24, 2.45) is 0 Å². The normalized spacial score (nSPS) is 18.8. The minimum Gasteiger partial charge on any atom is -0.288 e. The molecule has 0 bridgehead atoms. The first-order valence-corrected chi connectivity index (χ1v) is 5.46. The molecule has 0 spiro atoms. The molecule has 70 valence electrons. The van der Waals surface area contributed by atoms with Crippen LogP contribution in [0.3, 0.4) is 0 Å². The van der Waals surface area contributed by atoms with E-state index in [4.69, 9.17) is 0 Å². The summed E-state index contributed by atoms with van der Waals surface area (Å²) in [5, 5.41) is 2.76. The second-order valence-electron chi connectivity index (χ2n) is 3.17. The first-order valence-electron chi connectivity index (χ1n) is 4.58. The molecular formula is C9H12N2OS. The molecule has 0 radical (unpaired) electrons. The van der Waals surface area contributed by atoms with Crippen LogP contribution in [0.2, 0.25) is 0 Å². The van der Waals surface area contributed by atoms with Gasteiger partial charge < -0.3 is 0 Å². The molecule has 0 aromatic carbocycles. The Labute approximate surface area is 81.4 Å². The van der Waals surface area contributed by atoms with Crippen molar-refractivity contribution in [1.29, 1.82) is 0 Å². The zero-order valence-electron chi connectivity index (χ0n) is 7.40. The van der Waals surface area contributed by atoms with E-state index >= 15 is 0 Å². The number of carbonyl (C=O) groups is 1. The van der Waals surface area contributed by atoms with E-state index in [-0.39, 0.29) is 5.91 Å². The van der Waals surface area contributed by atoms with Gasteiger partial charge in [-0.15, -0.1) is 11.3 Å². The maximum Gasteiger partial charge on any atom is 0.228 e. The van der Waals surface area contributed by atoms with Crippen LogP contribution < -0.4 is 4.90 Å². The van der Waals surface area contributed by atoms with E-state index in [0.717, 1.165) is 30.9 Å². The Bertz CT molecular complexity index is 284. The average Bonchev–Trinajstić information content (AvgIpc) is 2.56. The molecule has 1 aliphatic heterocycles. The quantitative estimate of drug-likeness (QED) is 0.688. The van der Waals surface area contributed by atoms with Gasteiger partial charge in [-0.1, -0.05) is 6.42 Å². The third kappa shape index (κ3) is 1.88. The highest BCUT2D eigenvalue weighted by atomic mass is 32.1.